The van der Waals surface area contributed by atoms with E-state index in [4.69, 9.17) is 4.74 Å². The van der Waals surface area contributed by atoms with Crippen molar-refractivity contribution in [2.45, 2.75) is 25.7 Å². The molecule has 146 valence electrons. The number of halogens is 1. The van der Waals surface area contributed by atoms with Crippen molar-refractivity contribution in [3.05, 3.63) is 59.9 Å². The van der Waals surface area contributed by atoms with E-state index in [9.17, 15) is 18.8 Å². The third-order valence-corrected chi connectivity index (χ3v) is 4.46. The molecule has 1 aliphatic rings. The quantitative estimate of drug-likeness (QED) is 0.745. The first-order valence-electron chi connectivity index (χ1n) is 9.12. The van der Waals surface area contributed by atoms with E-state index in [0.717, 1.165) is 12.1 Å². The Kier molecular flexibility index (Phi) is 6.37. The fourth-order valence-corrected chi connectivity index (χ4v) is 3.00. The second-order valence-electron chi connectivity index (χ2n) is 6.50. The van der Waals surface area contributed by atoms with Crippen LogP contribution in [0.4, 0.5) is 15.8 Å². The summed E-state index contributed by atoms with van der Waals surface area (Å²) in [4.78, 5) is 37.1. The molecule has 0 aliphatic carbocycles. The van der Waals surface area contributed by atoms with E-state index >= 15 is 0 Å². The number of anilines is 2. The van der Waals surface area contributed by atoms with Crippen LogP contribution in [0.15, 0.2) is 48.5 Å². The number of carbonyl (C=O) groups is 3. The van der Waals surface area contributed by atoms with Gasteiger partial charge in [0.25, 0.3) is 5.91 Å². The molecule has 0 aromatic heterocycles. The van der Waals surface area contributed by atoms with Gasteiger partial charge >= 0.3 is 5.97 Å². The molecule has 0 saturated carbocycles. The van der Waals surface area contributed by atoms with Gasteiger partial charge in [-0.3, -0.25) is 14.4 Å². The molecule has 0 spiro atoms. The zero-order chi connectivity index (χ0) is 19.9. The van der Waals surface area contributed by atoms with Gasteiger partial charge in [-0.05, 0) is 48.7 Å². The summed E-state index contributed by atoms with van der Waals surface area (Å²) in [6, 6.07) is 13.1. The Balaban J connectivity index is 1.42. The van der Waals surface area contributed by atoms with Crippen LogP contribution in [-0.4, -0.2) is 30.9 Å². The predicted octanol–water partition coefficient (Wildman–Crippen LogP) is 3.07. The number of ether oxygens (including phenoxy) is 1. The van der Waals surface area contributed by atoms with E-state index in [0.29, 0.717) is 24.2 Å². The Morgan fingerprint density at radius 3 is 2.54 bits per heavy atom. The van der Waals surface area contributed by atoms with E-state index in [1.165, 1.54) is 6.07 Å². The van der Waals surface area contributed by atoms with Crippen molar-refractivity contribution in [3.63, 3.8) is 0 Å². The minimum absolute atomic E-state index is 0.00717. The van der Waals surface area contributed by atoms with Crippen molar-refractivity contribution in [1.29, 1.82) is 0 Å². The standard InChI is InChI=1S/C21H21FN2O4/c22-18-5-2-1-4-15(18)7-12-21(27)28-14-19(25)23-16-8-10-17(11-9-16)24-13-3-6-20(24)26/h1-2,4-5,8-11H,3,6-7,12-14H2,(H,23,25). The Morgan fingerprint density at radius 1 is 1.11 bits per heavy atom. The highest BCUT2D eigenvalue weighted by molar-refractivity contribution is 5.96. The lowest BCUT2D eigenvalue weighted by molar-refractivity contribution is -0.147. The molecule has 0 unspecified atom stereocenters. The third kappa shape index (κ3) is 5.16. The Labute approximate surface area is 162 Å². The van der Waals surface area contributed by atoms with Gasteiger partial charge in [-0.1, -0.05) is 18.2 Å². The number of aryl methyl sites for hydroxylation is 1. The molecule has 1 heterocycles. The summed E-state index contributed by atoms with van der Waals surface area (Å²) in [6.07, 6.45) is 1.61. The lowest BCUT2D eigenvalue weighted by atomic mass is 10.1. The largest absolute Gasteiger partial charge is 0.456 e. The molecule has 1 saturated heterocycles. The van der Waals surface area contributed by atoms with Gasteiger partial charge in [0, 0.05) is 30.8 Å². The van der Waals surface area contributed by atoms with Crippen molar-refractivity contribution in [2.24, 2.45) is 0 Å². The zero-order valence-corrected chi connectivity index (χ0v) is 15.3. The van der Waals surface area contributed by atoms with Gasteiger partial charge in [0.15, 0.2) is 6.61 Å². The summed E-state index contributed by atoms with van der Waals surface area (Å²) in [7, 11) is 0. The molecule has 1 fully saturated rings. The van der Waals surface area contributed by atoms with Crippen molar-refractivity contribution in [1.82, 2.24) is 0 Å². The highest BCUT2D eigenvalue weighted by Crippen LogP contribution is 2.23. The predicted molar refractivity (Wildman–Crippen MR) is 102 cm³/mol. The van der Waals surface area contributed by atoms with E-state index in [-0.39, 0.29) is 24.6 Å². The summed E-state index contributed by atoms with van der Waals surface area (Å²) < 4.78 is 18.4. The fraction of sp³-hybridized carbons (Fsp3) is 0.286. The van der Waals surface area contributed by atoms with Crippen LogP contribution in [0.5, 0.6) is 0 Å². The normalized spacial score (nSPS) is 13.5. The van der Waals surface area contributed by atoms with Crippen LogP contribution >= 0.6 is 0 Å². The fourth-order valence-electron chi connectivity index (χ4n) is 3.00. The molecule has 6 nitrogen and oxygen atoms in total. The first-order chi connectivity index (χ1) is 13.5. The highest BCUT2D eigenvalue weighted by atomic mass is 19.1. The van der Waals surface area contributed by atoms with Crippen LogP contribution in [0.1, 0.15) is 24.8 Å². The van der Waals surface area contributed by atoms with Gasteiger partial charge in [0.05, 0.1) is 0 Å². The van der Waals surface area contributed by atoms with Crippen molar-refractivity contribution in [2.75, 3.05) is 23.4 Å². The molecule has 3 rings (SSSR count). The number of hydrogen-bond acceptors (Lipinski definition) is 4. The summed E-state index contributed by atoms with van der Waals surface area (Å²) in [5, 5.41) is 2.63. The number of nitrogens with zero attached hydrogens (tertiary/aromatic N) is 1. The van der Waals surface area contributed by atoms with E-state index in [2.05, 4.69) is 5.32 Å². The topological polar surface area (TPSA) is 75.7 Å². The molecule has 2 aromatic carbocycles. The van der Waals surface area contributed by atoms with Crippen LogP contribution in [-0.2, 0) is 25.5 Å². The lowest BCUT2D eigenvalue weighted by Gasteiger charge is -2.16. The molecule has 1 N–H and O–H groups in total. The first-order valence-corrected chi connectivity index (χ1v) is 9.12. The summed E-state index contributed by atoms with van der Waals surface area (Å²) >= 11 is 0. The van der Waals surface area contributed by atoms with Gasteiger partial charge in [0.2, 0.25) is 5.91 Å². The van der Waals surface area contributed by atoms with E-state index in [1.54, 1.807) is 47.4 Å². The summed E-state index contributed by atoms with van der Waals surface area (Å²) in [5.74, 6) is -1.31. The van der Waals surface area contributed by atoms with Crippen molar-refractivity contribution >= 4 is 29.2 Å². The van der Waals surface area contributed by atoms with Crippen molar-refractivity contribution < 1.29 is 23.5 Å². The maximum atomic E-state index is 13.5. The van der Waals surface area contributed by atoms with E-state index in [1.807, 2.05) is 0 Å². The Bertz CT molecular complexity index is 867. The molecule has 7 heteroatoms. The third-order valence-electron chi connectivity index (χ3n) is 4.46. The van der Waals surface area contributed by atoms with Crippen molar-refractivity contribution in [3.8, 4) is 0 Å². The van der Waals surface area contributed by atoms with Crippen LogP contribution in [0.2, 0.25) is 0 Å². The Hall–Kier alpha value is -3.22. The number of esters is 1. The lowest BCUT2D eigenvalue weighted by Crippen LogP contribution is -2.24. The van der Waals surface area contributed by atoms with Gasteiger partial charge in [0.1, 0.15) is 5.82 Å². The van der Waals surface area contributed by atoms with Gasteiger partial charge in [-0.25, -0.2) is 4.39 Å². The molecule has 2 aromatic rings. The van der Waals surface area contributed by atoms with Crippen LogP contribution in [0.3, 0.4) is 0 Å². The maximum absolute atomic E-state index is 13.5. The number of benzene rings is 2. The monoisotopic (exact) mass is 384 g/mol. The number of amides is 2. The number of rotatable bonds is 7. The van der Waals surface area contributed by atoms with Crippen LogP contribution in [0, 0.1) is 5.82 Å². The van der Waals surface area contributed by atoms with Gasteiger partial charge in [-0.15, -0.1) is 0 Å². The minimum atomic E-state index is -0.568. The molecule has 2 amide bonds. The molecule has 1 aliphatic heterocycles. The molecular weight excluding hydrogens is 363 g/mol. The number of nitrogens with one attached hydrogen (secondary N) is 1. The maximum Gasteiger partial charge on any atom is 0.306 e. The SMILES string of the molecule is O=C(COC(=O)CCc1ccccc1F)Nc1ccc(N2CCCC2=O)cc1. The molecule has 0 atom stereocenters. The molecule has 28 heavy (non-hydrogen) atoms. The average molecular weight is 384 g/mol. The van der Waals surface area contributed by atoms with Crippen LogP contribution < -0.4 is 10.2 Å². The molecule has 0 bridgehead atoms. The second kappa shape index (κ2) is 9.12. The number of hydrogen-bond donors (Lipinski definition) is 1. The average Bonchev–Trinajstić information content (AvgIpc) is 3.12. The summed E-state index contributed by atoms with van der Waals surface area (Å²) in [6.45, 7) is 0.288. The van der Waals surface area contributed by atoms with Gasteiger partial charge in [-0.2, -0.15) is 0 Å². The van der Waals surface area contributed by atoms with E-state index < -0.39 is 18.5 Å². The number of carbonyl (C=O) groups excluding carboxylic acids is 3. The smallest absolute Gasteiger partial charge is 0.306 e. The summed E-state index contributed by atoms with van der Waals surface area (Å²) in [5.41, 5.74) is 1.77. The molecule has 0 radical (unpaired) electrons. The zero-order valence-electron chi connectivity index (χ0n) is 15.3. The minimum Gasteiger partial charge on any atom is -0.456 e. The molecular formula is C21H21FN2O4. The van der Waals surface area contributed by atoms with Gasteiger partial charge < -0.3 is 15.0 Å². The second-order valence-corrected chi connectivity index (χ2v) is 6.50. The Morgan fingerprint density at radius 2 is 1.86 bits per heavy atom. The highest BCUT2D eigenvalue weighted by Gasteiger charge is 2.21. The van der Waals surface area contributed by atoms with Crippen LogP contribution in [0.25, 0.3) is 0 Å². The first kappa shape index (κ1) is 19.5.